The lowest BCUT2D eigenvalue weighted by Crippen LogP contribution is -2.14. The molecule has 1 heterocycles. The van der Waals surface area contributed by atoms with Gasteiger partial charge in [0.15, 0.2) is 0 Å². The van der Waals surface area contributed by atoms with E-state index in [1.165, 1.54) is 12.1 Å². The van der Waals surface area contributed by atoms with E-state index in [1.54, 1.807) is 0 Å². The molecule has 1 rings (SSSR count). The summed E-state index contributed by atoms with van der Waals surface area (Å²) in [5.74, 6) is -1.41. The van der Waals surface area contributed by atoms with Crippen molar-refractivity contribution in [1.82, 2.24) is 4.98 Å². The number of hydrogen-bond acceptors (Lipinski definition) is 4. The number of carbonyl (C=O) groups excluding carboxylic acids is 1. The van der Waals surface area contributed by atoms with Crippen LogP contribution in [0.3, 0.4) is 0 Å². The fraction of sp³-hybridized carbons (Fsp3) is 0. The minimum absolute atomic E-state index is 0.201. The van der Waals surface area contributed by atoms with Crippen molar-refractivity contribution in [2.24, 2.45) is 5.73 Å². The highest BCUT2D eigenvalue weighted by Gasteiger charge is 2.20. The minimum atomic E-state index is -0.869. The molecule has 2 N–H and O–H groups in total. The van der Waals surface area contributed by atoms with Crippen molar-refractivity contribution < 1.29 is 9.72 Å². The topological polar surface area (TPSA) is 99.1 Å². The van der Waals surface area contributed by atoms with E-state index in [0.717, 1.165) is 0 Å². The standard InChI is InChI=1S/C6H4BrN3O3/c7-4-2-1-3(5(8)11)6(9-4)10(12)13/h1-2H,(H2,8,11). The Morgan fingerprint density at radius 2 is 2.23 bits per heavy atom. The average molecular weight is 246 g/mol. The SMILES string of the molecule is NC(=O)c1ccc(Br)nc1[N+](=O)[O-]. The molecule has 0 spiro atoms. The summed E-state index contributed by atoms with van der Waals surface area (Å²) in [6, 6.07) is 2.66. The van der Waals surface area contributed by atoms with Gasteiger partial charge in [0, 0.05) is 15.9 Å². The first-order chi connectivity index (χ1) is 6.02. The molecule has 0 unspecified atom stereocenters. The lowest BCUT2D eigenvalue weighted by Gasteiger charge is -1.96. The van der Waals surface area contributed by atoms with Gasteiger partial charge in [-0.1, -0.05) is 0 Å². The van der Waals surface area contributed by atoms with Crippen molar-refractivity contribution in [2.45, 2.75) is 0 Å². The van der Waals surface area contributed by atoms with Crippen LogP contribution in [0.2, 0.25) is 0 Å². The highest BCUT2D eigenvalue weighted by Crippen LogP contribution is 2.18. The van der Waals surface area contributed by atoms with E-state index in [9.17, 15) is 14.9 Å². The quantitative estimate of drug-likeness (QED) is 0.475. The van der Waals surface area contributed by atoms with Crippen LogP contribution in [-0.4, -0.2) is 15.8 Å². The highest BCUT2D eigenvalue weighted by molar-refractivity contribution is 9.10. The van der Waals surface area contributed by atoms with Gasteiger partial charge >= 0.3 is 5.82 Å². The molecule has 68 valence electrons. The van der Waals surface area contributed by atoms with Gasteiger partial charge in [-0.15, -0.1) is 0 Å². The van der Waals surface area contributed by atoms with Gasteiger partial charge in [-0.25, -0.2) is 0 Å². The molecule has 0 saturated carbocycles. The van der Waals surface area contributed by atoms with Gasteiger partial charge < -0.3 is 15.8 Å². The van der Waals surface area contributed by atoms with Crippen LogP contribution in [-0.2, 0) is 0 Å². The van der Waals surface area contributed by atoms with E-state index in [2.05, 4.69) is 20.9 Å². The van der Waals surface area contributed by atoms with Crippen LogP contribution in [0.25, 0.3) is 0 Å². The van der Waals surface area contributed by atoms with Gasteiger partial charge in [0.2, 0.25) is 4.60 Å². The number of nitro groups is 1. The number of carbonyl (C=O) groups is 1. The van der Waals surface area contributed by atoms with Crippen LogP contribution in [0.1, 0.15) is 10.4 Å². The van der Waals surface area contributed by atoms with Gasteiger partial charge in [0.1, 0.15) is 5.56 Å². The molecule has 1 aromatic heterocycles. The third-order valence-corrected chi connectivity index (χ3v) is 1.72. The van der Waals surface area contributed by atoms with Crippen molar-refractivity contribution in [3.63, 3.8) is 0 Å². The Morgan fingerprint density at radius 3 is 2.69 bits per heavy atom. The lowest BCUT2D eigenvalue weighted by molar-refractivity contribution is -0.389. The second kappa shape index (κ2) is 3.48. The van der Waals surface area contributed by atoms with E-state index in [4.69, 9.17) is 5.73 Å². The Hall–Kier alpha value is -1.50. The number of hydrogen-bond donors (Lipinski definition) is 1. The lowest BCUT2D eigenvalue weighted by atomic mass is 10.2. The molecule has 0 aromatic carbocycles. The summed E-state index contributed by atoms with van der Waals surface area (Å²) in [5.41, 5.74) is 4.70. The average Bonchev–Trinajstić information content (AvgIpc) is 2.03. The zero-order valence-electron chi connectivity index (χ0n) is 6.23. The summed E-state index contributed by atoms with van der Waals surface area (Å²) in [6.07, 6.45) is 0. The molecule has 0 aliphatic heterocycles. The van der Waals surface area contributed by atoms with Crippen LogP contribution < -0.4 is 5.73 Å². The monoisotopic (exact) mass is 245 g/mol. The first-order valence-corrected chi connectivity index (χ1v) is 3.92. The van der Waals surface area contributed by atoms with Crippen molar-refractivity contribution in [2.75, 3.05) is 0 Å². The number of halogens is 1. The normalized spacial score (nSPS) is 9.62. The molecule has 6 nitrogen and oxygen atoms in total. The summed E-state index contributed by atoms with van der Waals surface area (Å²) in [6.45, 7) is 0. The number of nitrogens with two attached hydrogens (primary N) is 1. The summed E-state index contributed by atoms with van der Waals surface area (Å²) in [5, 5.41) is 10.4. The van der Waals surface area contributed by atoms with Crippen LogP contribution in [0.5, 0.6) is 0 Å². The molecule has 1 aromatic rings. The summed E-state index contributed by atoms with van der Waals surface area (Å²) in [4.78, 5) is 23.8. The fourth-order valence-electron chi connectivity index (χ4n) is 0.757. The molecular weight excluding hydrogens is 242 g/mol. The summed E-state index contributed by atoms with van der Waals surface area (Å²) in [7, 11) is 0. The van der Waals surface area contributed by atoms with Crippen LogP contribution in [0, 0.1) is 10.1 Å². The van der Waals surface area contributed by atoms with Gasteiger partial charge in [-0.05, 0) is 22.0 Å². The van der Waals surface area contributed by atoms with Crippen LogP contribution in [0.4, 0.5) is 5.82 Å². The zero-order valence-corrected chi connectivity index (χ0v) is 7.82. The van der Waals surface area contributed by atoms with E-state index in [1.807, 2.05) is 0 Å². The molecule has 0 aliphatic carbocycles. The molecule has 0 atom stereocenters. The van der Waals surface area contributed by atoms with Crippen molar-refractivity contribution >= 4 is 27.7 Å². The molecule has 13 heavy (non-hydrogen) atoms. The molecule has 0 saturated heterocycles. The number of rotatable bonds is 2. The molecule has 0 aliphatic rings. The first kappa shape index (κ1) is 9.59. The van der Waals surface area contributed by atoms with E-state index < -0.39 is 16.6 Å². The molecule has 0 bridgehead atoms. The second-order valence-corrected chi connectivity index (χ2v) is 2.94. The predicted molar refractivity (Wildman–Crippen MR) is 47.1 cm³/mol. The van der Waals surface area contributed by atoms with E-state index >= 15 is 0 Å². The van der Waals surface area contributed by atoms with Gasteiger partial charge in [0.05, 0.1) is 0 Å². The number of amides is 1. The second-order valence-electron chi connectivity index (χ2n) is 2.13. The van der Waals surface area contributed by atoms with Crippen molar-refractivity contribution in [3.8, 4) is 0 Å². The van der Waals surface area contributed by atoms with Crippen molar-refractivity contribution in [1.29, 1.82) is 0 Å². The smallest absolute Gasteiger partial charge is 0.365 e. The van der Waals surface area contributed by atoms with Gasteiger partial charge in [-0.3, -0.25) is 4.79 Å². The number of pyridine rings is 1. The zero-order chi connectivity index (χ0) is 10.0. The van der Waals surface area contributed by atoms with Gasteiger partial charge in [-0.2, -0.15) is 0 Å². The van der Waals surface area contributed by atoms with E-state index in [0.29, 0.717) is 0 Å². The maximum absolute atomic E-state index is 10.7. The number of nitrogens with zero attached hydrogens (tertiary/aromatic N) is 2. The van der Waals surface area contributed by atoms with E-state index in [-0.39, 0.29) is 10.2 Å². The molecule has 7 heteroatoms. The van der Waals surface area contributed by atoms with Crippen molar-refractivity contribution in [3.05, 3.63) is 32.4 Å². The Balaban J connectivity index is 3.35. The Kier molecular flexibility index (Phi) is 2.57. The Labute approximate surface area is 81.0 Å². The number of primary amides is 1. The highest BCUT2D eigenvalue weighted by atomic mass is 79.9. The predicted octanol–water partition coefficient (Wildman–Crippen LogP) is 0.851. The number of aromatic nitrogens is 1. The maximum Gasteiger partial charge on any atom is 0.377 e. The third-order valence-electron chi connectivity index (χ3n) is 1.28. The molecule has 0 fully saturated rings. The first-order valence-electron chi connectivity index (χ1n) is 3.13. The Morgan fingerprint density at radius 1 is 1.62 bits per heavy atom. The maximum atomic E-state index is 10.7. The Bertz CT molecular complexity index is 379. The van der Waals surface area contributed by atoms with Crippen LogP contribution in [0.15, 0.2) is 16.7 Å². The molecular formula is C6H4BrN3O3. The van der Waals surface area contributed by atoms with Crippen LogP contribution >= 0.6 is 15.9 Å². The molecule has 1 amide bonds. The minimum Gasteiger partial charge on any atom is -0.365 e. The largest absolute Gasteiger partial charge is 0.377 e. The fourth-order valence-corrected chi connectivity index (χ4v) is 1.06. The van der Waals surface area contributed by atoms with Gasteiger partial charge in [0.25, 0.3) is 5.91 Å². The molecule has 0 radical (unpaired) electrons. The summed E-state index contributed by atoms with van der Waals surface area (Å²) < 4.78 is 0.282. The summed E-state index contributed by atoms with van der Waals surface area (Å²) >= 11 is 2.95. The third kappa shape index (κ3) is 2.00.